The summed E-state index contributed by atoms with van der Waals surface area (Å²) in [6.45, 7) is 5.23. The second kappa shape index (κ2) is 6.16. The van der Waals surface area contributed by atoms with E-state index in [4.69, 9.17) is 10.5 Å². The Kier molecular flexibility index (Phi) is 4.55. The zero-order chi connectivity index (χ0) is 13.0. The fourth-order valence-electron chi connectivity index (χ4n) is 2.55. The molecule has 4 heteroatoms. The summed E-state index contributed by atoms with van der Waals surface area (Å²) in [5.41, 5.74) is 7.13. The highest BCUT2D eigenvalue weighted by Gasteiger charge is 2.23. The van der Waals surface area contributed by atoms with Gasteiger partial charge < -0.3 is 10.5 Å². The molecule has 1 saturated heterocycles. The second-order valence-corrected chi connectivity index (χ2v) is 5.10. The molecule has 0 aromatic carbocycles. The lowest BCUT2D eigenvalue weighted by atomic mass is 9.96. The first kappa shape index (κ1) is 13.3. The third-order valence-electron chi connectivity index (χ3n) is 3.84. The number of ether oxygens (including phenoxy) is 1. The van der Waals surface area contributed by atoms with Crippen molar-refractivity contribution in [3.63, 3.8) is 0 Å². The van der Waals surface area contributed by atoms with E-state index in [0.29, 0.717) is 12.4 Å². The van der Waals surface area contributed by atoms with Crippen molar-refractivity contribution in [1.29, 1.82) is 0 Å². The maximum absolute atomic E-state index is 5.94. The van der Waals surface area contributed by atoms with Crippen LogP contribution in [0.2, 0.25) is 0 Å². The molecule has 0 bridgehead atoms. The fraction of sp³-hybridized carbons (Fsp3) is 0.643. The zero-order valence-electron chi connectivity index (χ0n) is 11.3. The average molecular weight is 249 g/mol. The highest BCUT2D eigenvalue weighted by atomic mass is 16.5. The van der Waals surface area contributed by atoms with Gasteiger partial charge in [0, 0.05) is 24.8 Å². The zero-order valence-corrected chi connectivity index (χ0v) is 11.3. The third-order valence-corrected chi connectivity index (χ3v) is 3.84. The van der Waals surface area contributed by atoms with Crippen LogP contribution in [0.5, 0.6) is 5.88 Å². The minimum atomic E-state index is 0.288. The van der Waals surface area contributed by atoms with E-state index in [-0.39, 0.29) is 6.04 Å². The molecule has 0 spiro atoms. The number of rotatable bonds is 4. The van der Waals surface area contributed by atoms with E-state index in [1.165, 1.54) is 18.4 Å². The Labute approximate surface area is 109 Å². The number of nitrogens with two attached hydrogens (primary N) is 1. The van der Waals surface area contributed by atoms with Gasteiger partial charge in [-0.25, -0.2) is 4.98 Å². The van der Waals surface area contributed by atoms with Crippen LogP contribution in [0.3, 0.4) is 0 Å². The Hall–Kier alpha value is -1.13. The van der Waals surface area contributed by atoms with Gasteiger partial charge in [-0.3, -0.25) is 4.90 Å². The minimum Gasteiger partial charge on any atom is -0.481 e. The number of likely N-dealkylation sites (tertiary alicyclic amines) is 1. The summed E-state index contributed by atoms with van der Waals surface area (Å²) in [6.07, 6.45) is 4.41. The molecular formula is C14H23N3O. The van der Waals surface area contributed by atoms with Gasteiger partial charge in [-0.2, -0.15) is 0 Å². The van der Waals surface area contributed by atoms with E-state index >= 15 is 0 Å². The maximum Gasteiger partial charge on any atom is 0.212 e. The summed E-state index contributed by atoms with van der Waals surface area (Å²) in [4.78, 5) is 6.75. The summed E-state index contributed by atoms with van der Waals surface area (Å²) in [5, 5.41) is 0. The van der Waals surface area contributed by atoms with Crippen molar-refractivity contribution in [3.8, 4) is 5.88 Å². The SMILES string of the molecule is COc1ccc(C(CN)N2CCC(C)CC2)cn1. The van der Waals surface area contributed by atoms with Crippen LogP contribution in [0.25, 0.3) is 0 Å². The summed E-state index contributed by atoms with van der Waals surface area (Å²) in [6, 6.07) is 4.27. The van der Waals surface area contributed by atoms with Gasteiger partial charge in [0.1, 0.15) is 0 Å². The van der Waals surface area contributed by atoms with Gasteiger partial charge in [0.15, 0.2) is 0 Å². The van der Waals surface area contributed by atoms with E-state index in [1.807, 2.05) is 12.3 Å². The molecule has 0 radical (unpaired) electrons. The molecule has 1 aromatic heterocycles. The molecule has 1 aromatic rings. The lowest BCUT2D eigenvalue weighted by molar-refractivity contribution is 0.141. The smallest absolute Gasteiger partial charge is 0.212 e. The molecular weight excluding hydrogens is 226 g/mol. The normalized spacial score (nSPS) is 19.7. The van der Waals surface area contributed by atoms with Gasteiger partial charge in [0.05, 0.1) is 7.11 Å². The molecule has 1 aliphatic rings. The lowest BCUT2D eigenvalue weighted by Gasteiger charge is -2.36. The maximum atomic E-state index is 5.94. The molecule has 0 aliphatic carbocycles. The van der Waals surface area contributed by atoms with Crippen molar-refractivity contribution in [2.24, 2.45) is 11.7 Å². The second-order valence-electron chi connectivity index (χ2n) is 5.10. The molecule has 0 amide bonds. The highest BCUT2D eigenvalue weighted by molar-refractivity contribution is 5.21. The number of pyridine rings is 1. The predicted molar refractivity (Wildman–Crippen MR) is 72.6 cm³/mol. The van der Waals surface area contributed by atoms with Gasteiger partial charge in [-0.1, -0.05) is 13.0 Å². The Balaban J connectivity index is 2.07. The van der Waals surface area contributed by atoms with Crippen molar-refractivity contribution < 1.29 is 4.74 Å². The Morgan fingerprint density at radius 3 is 2.67 bits per heavy atom. The number of nitrogens with zero attached hydrogens (tertiary/aromatic N) is 2. The van der Waals surface area contributed by atoms with E-state index in [1.54, 1.807) is 7.11 Å². The quantitative estimate of drug-likeness (QED) is 0.884. The molecule has 2 rings (SSSR count). The Morgan fingerprint density at radius 2 is 2.17 bits per heavy atom. The molecule has 2 heterocycles. The van der Waals surface area contributed by atoms with Crippen LogP contribution in [0.4, 0.5) is 0 Å². The van der Waals surface area contributed by atoms with Gasteiger partial charge >= 0.3 is 0 Å². The summed E-state index contributed by atoms with van der Waals surface area (Å²) < 4.78 is 5.09. The van der Waals surface area contributed by atoms with Crippen molar-refractivity contribution in [2.75, 3.05) is 26.7 Å². The lowest BCUT2D eigenvalue weighted by Crippen LogP contribution is -2.39. The Morgan fingerprint density at radius 1 is 1.44 bits per heavy atom. The van der Waals surface area contributed by atoms with Crippen molar-refractivity contribution in [2.45, 2.75) is 25.8 Å². The van der Waals surface area contributed by atoms with Crippen LogP contribution in [0.15, 0.2) is 18.3 Å². The monoisotopic (exact) mass is 249 g/mol. The number of hydrogen-bond acceptors (Lipinski definition) is 4. The molecule has 4 nitrogen and oxygen atoms in total. The number of aromatic nitrogens is 1. The van der Waals surface area contributed by atoms with E-state index in [0.717, 1.165) is 19.0 Å². The van der Waals surface area contributed by atoms with Crippen molar-refractivity contribution >= 4 is 0 Å². The van der Waals surface area contributed by atoms with E-state index < -0.39 is 0 Å². The molecule has 100 valence electrons. The molecule has 1 unspecified atom stereocenters. The molecule has 1 fully saturated rings. The van der Waals surface area contributed by atoms with Crippen LogP contribution < -0.4 is 10.5 Å². The number of piperidine rings is 1. The number of methoxy groups -OCH3 is 1. The average Bonchev–Trinajstić information content (AvgIpc) is 2.42. The van der Waals surface area contributed by atoms with Crippen molar-refractivity contribution in [1.82, 2.24) is 9.88 Å². The largest absolute Gasteiger partial charge is 0.481 e. The molecule has 2 N–H and O–H groups in total. The summed E-state index contributed by atoms with van der Waals surface area (Å²) in [5.74, 6) is 1.50. The molecule has 1 aliphatic heterocycles. The standard InChI is InChI=1S/C14H23N3O/c1-11-5-7-17(8-6-11)13(9-15)12-3-4-14(18-2)16-10-12/h3-4,10-11,13H,5-9,15H2,1-2H3. The van der Waals surface area contributed by atoms with Gasteiger partial charge in [0.2, 0.25) is 5.88 Å². The fourth-order valence-corrected chi connectivity index (χ4v) is 2.55. The van der Waals surface area contributed by atoms with Crippen molar-refractivity contribution in [3.05, 3.63) is 23.9 Å². The van der Waals surface area contributed by atoms with Crippen LogP contribution in [-0.4, -0.2) is 36.6 Å². The first-order chi connectivity index (χ1) is 8.74. The van der Waals surface area contributed by atoms with Gasteiger partial charge in [-0.15, -0.1) is 0 Å². The highest BCUT2D eigenvalue weighted by Crippen LogP contribution is 2.26. The summed E-state index contributed by atoms with van der Waals surface area (Å²) in [7, 11) is 1.63. The van der Waals surface area contributed by atoms with E-state index in [9.17, 15) is 0 Å². The first-order valence-electron chi connectivity index (χ1n) is 6.68. The van der Waals surface area contributed by atoms with E-state index in [2.05, 4.69) is 22.9 Å². The van der Waals surface area contributed by atoms with Gasteiger partial charge in [0.25, 0.3) is 0 Å². The summed E-state index contributed by atoms with van der Waals surface area (Å²) >= 11 is 0. The minimum absolute atomic E-state index is 0.288. The Bertz CT molecular complexity index is 358. The topological polar surface area (TPSA) is 51.4 Å². The molecule has 18 heavy (non-hydrogen) atoms. The van der Waals surface area contributed by atoms with Crippen LogP contribution >= 0.6 is 0 Å². The first-order valence-corrected chi connectivity index (χ1v) is 6.68. The van der Waals surface area contributed by atoms with Crippen LogP contribution in [0, 0.1) is 5.92 Å². The molecule has 0 saturated carbocycles. The molecule has 1 atom stereocenters. The number of hydrogen-bond donors (Lipinski definition) is 1. The van der Waals surface area contributed by atoms with Crippen LogP contribution in [-0.2, 0) is 0 Å². The van der Waals surface area contributed by atoms with Gasteiger partial charge in [-0.05, 0) is 37.4 Å². The third kappa shape index (κ3) is 3.00. The predicted octanol–water partition coefficient (Wildman–Crippen LogP) is 1.82. The van der Waals surface area contributed by atoms with Crippen LogP contribution in [0.1, 0.15) is 31.4 Å².